The fourth-order valence-corrected chi connectivity index (χ4v) is 1.15. The molecule has 82 valence electrons. The molecule has 1 aromatic heterocycles. The van der Waals surface area contributed by atoms with Crippen molar-refractivity contribution in [3.8, 4) is 0 Å². The summed E-state index contributed by atoms with van der Waals surface area (Å²) in [5.41, 5.74) is -0.366. The Kier molecular flexibility index (Phi) is 4.20. The summed E-state index contributed by atoms with van der Waals surface area (Å²) in [6.45, 7) is 0. The minimum Gasteiger partial charge on any atom is -0.252 e. The average Bonchev–Trinajstić information content (AvgIpc) is 2.17. The first-order valence-corrected chi connectivity index (χ1v) is 4.98. The van der Waals surface area contributed by atoms with Gasteiger partial charge >= 0.3 is 6.18 Å². The number of halogens is 3. The minimum atomic E-state index is -4.38. The lowest BCUT2D eigenvalue weighted by atomic mass is 10.2. The fourth-order valence-electron chi connectivity index (χ4n) is 1.000. The zero-order chi connectivity index (χ0) is 11.3. The van der Waals surface area contributed by atoms with Gasteiger partial charge in [-0.05, 0) is 29.9 Å². The molecular formula is C10H10F3NS. The molecule has 0 fully saturated rings. The number of hydrogen-bond donors (Lipinski definition) is 1. The maximum absolute atomic E-state index is 12.3. The third-order valence-corrected chi connectivity index (χ3v) is 1.94. The summed E-state index contributed by atoms with van der Waals surface area (Å²) < 4.78 is 36.8. The van der Waals surface area contributed by atoms with Crippen molar-refractivity contribution in [2.24, 2.45) is 0 Å². The van der Waals surface area contributed by atoms with Crippen molar-refractivity contribution in [2.45, 2.75) is 12.6 Å². The highest BCUT2D eigenvalue weighted by Gasteiger charge is 2.32. The molecule has 1 aromatic rings. The summed E-state index contributed by atoms with van der Waals surface area (Å²) in [5, 5.41) is 0. The van der Waals surface area contributed by atoms with Crippen LogP contribution in [0.4, 0.5) is 13.2 Å². The Hall–Kier alpha value is -0.970. The van der Waals surface area contributed by atoms with E-state index in [4.69, 9.17) is 0 Å². The number of pyridine rings is 1. The summed E-state index contributed by atoms with van der Waals surface area (Å²) in [6.07, 6.45) is 0.916. The van der Waals surface area contributed by atoms with Gasteiger partial charge in [-0.2, -0.15) is 25.8 Å². The number of allylic oxidation sites excluding steroid dienone is 1. The molecule has 1 rings (SSSR count). The van der Waals surface area contributed by atoms with Gasteiger partial charge in [0.05, 0.1) is 0 Å². The van der Waals surface area contributed by atoms with E-state index in [0.29, 0.717) is 11.3 Å². The van der Waals surface area contributed by atoms with Gasteiger partial charge in [-0.15, -0.1) is 0 Å². The number of thiol groups is 1. The van der Waals surface area contributed by atoms with E-state index >= 15 is 0 Å². The quantitative estimate of drug-likeness (QED) is 0.789. The molecule has 0 bridgehead atoms. The summed E-state index contributed by atoms with van der Waals surface area (Å²) in [6, 6.07) is 2.55. The van der Waals surface area contributed by atoms with Crippen LogP contribution in [-0.2, 0) is 6.18 Å². The highest BCUT2D eigenvalue weighted by molar-refractivity contribution is 7.80. The Bertz CT molecular complexity index is 347. The first-order valence-electron chi connectivity index (χ1n) is 4.34. The van der Waals surface area contributed by atoms with Crippen LogP contribution in [0.25, 0.3) is 6.08 Å². The Morgan fingerprint density at radius 2 is 2.13 bits per heavy atom. The molecule has 0 amide bonds. The van der Waals surface area contributed by atoms with Crippen molar-refractivity contribution in [3.05, 3.63) is 35.7 Å². The van der Waals surface area contributed by atoms with Crippen LogP contribution in [0, 0.1) is 0 Å². The van der Waals surface area contributed by atoms with E-state index in [0.717, 1.165) is 18.7 Å². The molecule has 0 radical (unpaired) electrons. The highest BCUT2D eigenvalue weighted by Crippen LogP contribution is 2.27. The number of rotatable bonds is 3. The number of hydrogen-bond acceptors (Lipinski definition) is 2. The molecule has 15 heavy (non-hydrogen) atoms. The van der Waals surface area contributed by atoms with Gasteiger partial charge in [0.2, 0.25) is 0 Å². The van der Waals surface area contributed by atoms with Crippen molar-refractivity contribution < 1.29 is 13.2 Å². The number of nitrogens with zero attached hydrogens (tertiary/aromatic N) is 1. The predicted molar refractivity (Wildman–Crippen MR) is 56.7 cm³/mol. The van der Waals surface area contributed by atoms with Crippen LogP contribution in [0.2, 0.25) is 0 Å². The van der Waals surface area contributed by atoms with Gasteiger partial charge in [-0.25, -0.2) is 0 Å². The standard InChI is InChI=1S/C10H10F3NS/c11-10(12,13)9-7-8(4-5-14-9)3-1-2-6-15/h1,3-5,7,15H,2,6H2. The Labute approximate surface area is 91.4 Å². The second kappa shape index (κ2) is 5.21. The molecule has 0 N–H and O–H groups in total. The summed E-state index contributed by atoms with van der Waals surface area (Å²) in [5.74, 6) is 0.674. The fraction of sp³-hybridized carbons (Fsp3) is 0.300. The van der Waals surface area contributed by atoms with Crippen LogP contribution < -0.4 is 0 Å². The lowest BCUT2D eigenvalue weighted by Crippen LogP contribution is -2.07. The molecule has 1 nitrogen and oxygen atoms in total. The lowest BCUT2D eigenvalue weighted by Gasteiger charge is -2.05. The van der Waals surface area contributed by atoms with Gasteiger partial charge in [0.1, 0.15) is 5.69 Å². The molecule has 0 aliphatic rings. The third-order valence-electron chi connectivity index (χ3n) is 1.68. The van der Waals surface area contributed by atoms with Crippen LogP contribution in [0.3, 0.4) is 0 Å². The zero-order valence-electron chi connectivity index (χ0n) is 7.83. The van der Waals surface area contributed by atoms with Crippen LogP contribution in [0.15, 0.2) is 24.4 Å². The maximum atomic E-state index is 12.3. The van der Waals surface area contributed by atoms with Gasteiger partial charge in [0, 0.05) is 6.20 Å². The molecular weight excluding hydrogens is 223 g/mol. The van der Waals surface area contributed by atoms with E-state index in [9.17, 15) is 13.2 Å². The second-order valence-electron chi connectivity index (χ2n) is 2.89. The number of aromatic nitrogens is 1. The van der Waals surface area contributed by atoms with E-state index < -0.39 is 11.9 Å². The Balaban J connectivity index is 2.84. The van der Waals surface area contributed by atoms with Crippen molar-refractivity contribution in [1.29, 1.82) is 0 Å². The van der Waals surface area contributed by atoms with Crippen LogP contribution in [-0.4, -0.2) is 10.7 Å². The van der Waals surface area contributed by atoms with Gasteiger partial charge in [0.25, 0.3) is 0 Å². The predicted octanol–water partition coefficient (Wildman–Crippen LogP) is 3.43. The molecule has 0 unspecified atom stereocenters. The normalized spacial score (nSPS) is 12.3. The van der Waals surface area contributed by atoms with Crippen molar-refractivity contribution in [3.63, 3.8) is 0 Å². The largest absolute Gasteiger partial charge is 0.433 e. The summed E-state index contributed by atoms with van der Waals surface area (Å²) in [7, 11) is 0. The van der Waals surface area contributed by atoms with Crippen LogP contribution in [0.1, 0.15) is 17.7 Å². The molecule has 0 saturated carbocycles. The Morgan fingerprint density at radius 1 is 1.40 bits per heavy atom. The molecule has 0 spiro atoms. The first kappa shape index (κ1) is 12.1. The van der Waals surface area contributed by atoms with Crippen molar-refractivity contribution >= 4 is 18.7 Å². The number of alkyl halides is 3. The first-order chi connectivity index (χ1) is 7.04. The molecule has 0 aliphatic heterocycles. The minimum absolute atomic E-state index is 0.499. The SMILES string of the molecule is FC(F)(F)c1cc(C=CCCS)ccn1. The molecule has 0 aromatic carbocycles. The topological polar surface area (TPSA) is 12.9 Å². The lowest BCUT2D eigenvalue weighted by molar-refractivity contribution is -0.141. The van der Waals surface area contributed by atoms with Gasteiger partial charge in [-0.1, -0.05) is 12.2 Å². The van der Waals surface area contributed by atoms with E-state index in [1.807, 2.05) is 0 Å². The molecule has 1 heterocycles. The zero-order valence-corrected chi connectivity index (χ0v) is 8.72. The van der Waals surface area contributed by atoms with E-state index in [1.165, 1.54) is 6.07 Å². The summed E-state index contributed by atoms with van der Waals surface area (Å²) in [4.78, 5) is 3.26. The van der Waals surface area contributed by atoms with Crippen molar-refractivity contribution in [1.82, 2.24) is 4.98 Å². The van der Waals surface area contributed by atoms with E-state index in [2.05, 4.69) is 17.6 Å². The average molecular weight is 233 g/mol. The molecule has 0 atom stereocenters. The molecule has 0 aliphatic carbocycles. The van der Waals surface area contributed by atoms with Crippen LogP contribution >= 0.6 is 12.6 Å². The third kappa shape index (κ3) is 3.95. The van der Waals surface area contributed by atoms with Gasteiger partial charge in [-0.3, -0.25) is 4.98 Å². The Morgan fingerprint density at radius 3 is 2.73 bits per heavy atom. The molecule has 5 heteroatoms. The molecule has 0 saturated heterocycles. The van der Waals surface area contributed by atoms with Crippen LogP contribution in [0.5, 0.6) is 0 Å². The van der Waals surface area contributed by atoms with Crippen molar-refractivity contribution in [2.75, 3.05) is 5.75 Å². The van der Waals surface area contributed by atoms with E-state index in [-0.39, 0.29) is 0 Å². The second-order valence-corrected chi connectivity index (χ2v) is 3.33. The smallest absolute Gasteiger partial charge is 0.252 e. The monoisotopic (exact) mass is 233 g/mol. The van der Waals surface area contributed by atoms with Gasteiger partial charge < -0.3 is 0 Å². The van der Waals surface area contributed by atoms with E-state index in [1.54, 1.807) is 12.2 Å². The maximum Gasteiger partial charge on any atom is 0.433 e. The summed E-state index contributed by atoms with van der Waals surface area (Å²) >= 11 is 3.99. The van der Waals surface area contributed by atoms with Gasteiger partial charge in [0.15, 0.2) is 0 Å². The highest BCUT2D eigenvalue weighted by atomic mass is 32.1.